The number of nitrogens with zero attached hydrogens (tertiary/aromatic N) is 2. The summed E-state index contributed by atoms with van der Waals surface area (Å²) in [5.41, 5.74) is 3.14. The van der Waals surface area contributed by atoms with E-state index in [1.54, 1.807) is 0 Å². The molecule has 2 aliphatic rings. The minimum absolute atomic E-state index is 0.0608. The zero-order valence-corrected chi connectivity index (χ0v) is 16.7. The fourth-order valence-electron chi connectivity index (χ4n) is 3.34. The number of aliphatic imine (C=N–C) groups is 1. The highest BCUT2D eigenvalue weighted by Crippen LogP contribution is 2.41. The number of benzene rings is 1. The Morgan fingerprint density at radius 1 is 1.28 bits per heavy atom. The summed E-state index contributed by atoms with van der Waals surface area (Å²) >= 11 is 1.43. The quantitative estimate of drug-likeness (QED) is 0.806. The minimum Gasteiger partial charge on any atom is -0.316 e. The van der Waals surface area contributed by atoms with Gasteiger partial charge in [-0.3, -0.25) is 4.79 Å². The van der Waals surface area contributed by atoms with Gasteiger partial charge >= 0.3 is 0 Å². The number of anilines is 1. The van der Waals surface area contributed by atoms with Crippen molar-refractivity contribution in [1.29, 1.82) is 0 Å². The predicted octanol–water partition coefficient (Wildman–Crippen LogP) is 2.95. The molecule has 5 nitrogen and oxygen atoms in total. The number of amidine groups is 1. The first kappa shape index (κ1) is 18.5. The van der Waals surface area contributed by atoms with E-state index in [9.17, 15) is 13.2 Å². The Balaban J connectivity index is 2.03. The highest BCUT2D eigenvalue weighted by atomic mass is 32.2. The Morgan fingerprint density at radius 3 is 2.52 bits per heavy atom. The van der Waals surface area contributed by atoms with E-state index in [0.29, 0.717) is 5.17 Å². The van der Waals surface area contributed by atoms with Crippen molar-refractivity contribution in [2.45, 2.75) is 45.4 Å². The molecule has 0 aromatic heterocycles. The third-order valence-corrected chi connectivity index (χ3v) is 8.00. The van der Waals surface area contributed by atoms with Crippen LogP contribution in [0.5, 0.6) is 0 Å². The van der Waals surface area contributed by atoms with Crippen molar-refractivity contribution in [3.63, 3.8) is 0 Å². The van der Waals surface area contributed by atoms with Gasteiger partial charge in [0.05, 0.1) is 17.5 Å². The van der Waals surface area contributed by atoms with Crippen LogP contribution >= 0.6 is 11.8 Å². The van der Waals surface area contributed by atoms with Crippen LogP contribution in [0.3, 0.4) is 0 Å². The molecule has 0 bridgehead atoms. The zero-order chi connectivity index (χ0) is 18.4. The van der Waals surface area contributed by atoms with E-state index in [2.05, 4.69) is 11.1 Å². The van der Waals surface area contributed by atoms with Gasteiger partial charge in [-0.25, -0.2) is 8.42 Å². The Bertz CT molecular complexity index is 812. The number of hydrogen-bond donors (Lipinski definition) is 0. The summed E-state index contributed by atoms with van der Waals surface area (Å²) in [5, 5.41) is 0.578. The number of rotatable bonds is 3. The average molecular weight is 381 g/mol. The predicted molar refractivity (Wildman–Crippen MR) is 104 cm³/mol. The van der Waals surface area contributed by atoms with Gasteiger partial charge in [-0.15, -0.1) is 0 Å². The van der Waals surface area contributed by atoms with Crippen molar-refractivity contribution in [2.24, 2.45) is 10.9 Å². The molecule has 25 heavy (non-hydrogen) atoms. The average Bonchev–Trinajstić information content (AvgIpc) is 2.95. The van der Waals surface area contributed by atoms with Gasteiger partial charge in [-0.2, -0.15) is 4.99 Å². The SMILES string of the molecule is CC[C@@H](C)C(=O)N=C1S[C@H]2CS(=O)(=O)C[C@H]2N1c1cc(C)cc(C)c1. The van der Waals surface area contributed by atoms with Crippen LogP contribution in [0, 0.1) is 19.8 Å². The molecule has 3 rings (SSSR count). The Kier molecular flexibility index (Phi) is 4.99. The largest absolute Gasteiger partial charge is 0.316 e. The van der Waals surface area contributed by atoms with Crippen LogP contribution in [0.15, 0.2) is 23.2 Å². The molecule has 0 unspecified atom stereocenters. The fourth-order valence-corrected chi connectivity index (χ4v) is 7.25. The molecule has 0 spiro atoms. The van der Waals surface area contributed by atoms with E-state index >= 15 is 0 Å². The molecular weight excluding hydrogens is 356 g/mol. The van der Waals surface area contributed by atoms with Crippen molar-refractivity contribution >= 4 is 38.4 Å². The van der Waals surface area contributed by atoms with Crippen LogP contribution in [0.4, 0.5) is 5.69 Å². The van der Waals surface area contributed by atoms with Crippen molar-refractivity contribution in [3.8, 4) is 0 Å². The normalized spacial score (nSPS) is 27.5. The van der Waals surface area contributed by atoms with E-state index in [1.165, 1.54) is 11.8 Å². The van der Waals surface area contributed by atoms with E-state index in [4.69, 9.17) is 0 Å². The number of fused-ring (bicyclic) bond motifs is 1. The second-order valence-corrected chi connectivity index (χ2v) is 10.4. The third kappa shape index (κ3) is 3.77. The molecule has 2 aliphatic heterocycles. The number of carbonyl (C=O) groups is 1. The van der Waals surface area contributed by atoms with E-state index in [0.717, 1.165) is 23.2 Å². The molecule has 136 valence electrons. The number of hydrogen-bond acceptors (Lipinski definition) is 4. The number of sulfone groups is 1. The van der Waals surface area contributed by atoms with Crippen molar-refractivity contribution in [2.75, 3.05) is 16.4 Å². The van der Waals surface area contributed by atoms with Gasteiger partial charge in [0.2, 0.25) is 0 Å². The van der Waals surface area contributed by atoms with Gasteiger partial charge in [0, 0.05) is 16.9 Å². The molecule has 2 fully saturated rings. The molecule has 0 saturated carbocycles. The molecule has 2 saturated heterocycles. The van der Waals surface area contributed by atoms with Crippen LogP contribution in [0.2, 0.25) is 0 Å². The summed E-state index contributed by atoms with van der Waals surface area (Å²) in [6.45, 7) is 7.87. The topological polar surface area (TPSA) is 66.8 Å². The number of aryl methyl sites for hydroxylation is 2. The molecule has 0 aliphatic carbocycles. The van der Waals surface area contributed by atoms with Gasteiger partial charge in [0.25, 0.3) is 5.91 Å². The van der Waals surface area contributed by atoms with Crippen molar-refractivity contribution < 1.29 is 13.2 Å². The molecule has 7 heteroatoms. The number of amides is 1. The lowest BCUT2D eigenvalue weighted by Crippen LogP contribution is -2.38. The Labute approximate surface area is 153 Å². The molecule has 1 aromatic rings. The lowest BCUT2D eigenvalue weighted by Gasteiger charge is -2.25. The maximum Gasteiger partial charge on any atom is 0.250 e. The van der Waals surface area contributed by atoms with Crippen LogP contribution in [0.25, 0.3) is 0 Å². The molecule has 0 N–H and O–H groups in total. The monoisotopic (exact) mass is 380 g/mol. The molecule has 0 radical (unpaired) electrons. The van der Waals surface area contributed by atoms with E-state index < -0.39 is 9.84 Å². The van der Waals surface area contributed by atoms with Gasteiger partial charge in [-0.05, 0) is 43.5 Å². The highest BCUT2D eigenvalue weighted by Gasteiger charge is 2.49. The maximum atomic E-state index is 12.3. The van der Waals surface area contributed by atoms with E-state index in [1.807, 2.05) is 44.7 Å². The van der Waals surface area contributed by atoms with Gasteiger partial charge < -0.3 is 4.90 Å². The van der Waals surface area contributed by atoms with Crippen molar-refractivity contribution in [1.82, 2.24) is 0 Å². The maximum absolute atomic E-state index is 12.3. The zero-order valence-electron chi connectivity index (χ0n) is 15.0. The lowest BCUT2D eigenvalue weighted by molar-refractivity contribution is -0.121. The smallest absolute Gasteiger partial charge is 0.250 e. The first-order valence-electron chi connectivity index (χ1n) is 8.57. The second-order valence-electron chi connectivity index (χ2n) is 7.06. The van der Waals surface area contributed by atoms with Gasteiger partial charge in [-0.1, -0.05) is 31.7 Å². The Hall–Kier alpha value is -1.34. The number of carbonyl (C=O) groups excluding carboxylic acids is 1. The van der Waals surface area contributed by atoms with Gasteiger partial charge in [0.15, 0.2) is 15.0 Å². The first-order chi connectivity index (χ1) is 11.7. The second kappa shape index (κ2) is 6.76. The summed E-state index contributed by atoms with van der Waals surface area (Å²) in [6, 6.07) is 5.99. The highest BCUT2D eigenvalue weighted by molar-refractivity contribution is 8.16. The molecule has 1 aromatic carbocycles. The van der Waals surface area contributed by atoms with Crippen LogP contribution in [-0.4, -0.2) is 42.3 Å². The van der Waals surface area contributed by atoms with Gasteiger partial charge in [0.1, 0.15) is 0 Å². The summed E-state index contributed by atoms with van der Waals surface area (Å²) in [4.78, 5) is 18.7. The summed E-state index contributed by atoms with van der Waals surface area (Å²) in [7, 11) is -3.04. The van der Waals surface area contributed by atoms with Crippen molar-refractivity contribution in [3.05, 3.63) is 29.3 Å². The first-order valence-corrected chi connectivity index (χ1v) is 11.3. The van der Waals surface area contributed by atoms with Crippen LogP contribution in [-0.2, 0) is 14.6 Å². The fraction of sp³-hybridized carbons (Fsp3) is 0.556. The molecule has 1 amide bonds. The third-order valence-electron chi connectivity index (χ3n) is 4.79. The molecular formula is C18H24N2O3S2. The molecule has 2 heterocycles. The summed E-state index contributed by atoms with van der Waals surface area (Å²) in [5.74, 6) is 0.00884. The standard InChI is InChI=1S/C18H24N2O3S2/c1-5-13(4)17(21)19-18-20(14-7-11(2)6-12(3)8-14)15-9-25(22,23)10-16(15)24-18/h6-8,13,15-16H,5,9-10H2,1-4H3/t13-,15-,16+/m1/s1. The number of thioether (sulfide) groups is 1. The minimum atomic E-state index is -3.04. The Morgan fingerprint density at radius 2 is 1.92 bits per heavy atom. The van der Waals surface area contributed by atoms with E-state index in [-0.39, 0.29) is 34.6 Å². The van der Waals surface area contributed by atoms with Crippen LogP contribution in [0.1, 0.15) is 31.4 Å². The molecule has 3 atom stereocenters. The summed E-state index contributed by atoms with van der Waals surface area (Å²) < 4.78 is 24.2. The van der Waals surface area contributed by atoms with Crippen LogP contribution < -0.4 is 4.90 Å². The summed E-state index contributed by atoms with van der Waals surface area (Å²) in [6.07, 6.45) is 0.741. The lowest BCUT2D eigenvalue weighted by atomic mass is 10.1.